The van der Waals surface area contributed by atoms with Gasteiger partial charge in [-0.2, -0.15) is 5.26 Å². The Bertz CT molecular complexity index is 426. The summed E-state index contributed by atoms with van der Waals surface area (Å²) in [7, 11) is 0. The van der Waals surface area contributed by atoms with Crippen LogP contribution in [0.1, 0.15) is 25.8 Å². The first kappa shape index (κ1) is 15.1. The third-order valence-corrected chi connectivity index (χ3v) is 2.39. The molecule has 1 rings (SSSR count). The Balaban J connectivity index is 2.56. The molecule has 0 saturated heterocycles. The third-order valence-electron chi connectivity index (χ3n) is 2.39. The summed E-state index contributed by atoms with van der Waals surface area (Å²) in [6.45, 7) is 4.95. The number of rotatable bonds is 7. The van der Waals surface area contributed by atoms with Crippen molar-refractivity contribution in [2.45, 2.75) is 32.9 Å². The number of nitrogens with zero attached hydrogens (tertiary/aromatic N) is 3. The van der Waals surface area contributed by atoms with Crippen LogP contribution in [0.25, 0.3) is 0 Å². The second kappa shape index (κ2) is 8.22. The molecule has 0 aromatic carbocycles. The first-order chi connectivity index (χ1) is 9.11. The van der Waals surface area contributed by atoms with Crippen LogP contribution in [0, 0.1) is 11.3 Å². The molecule has 0 unspecified atom stereocenters. The van der Waals surface area contributed by atoms with Gasteiger partial charge in [0.25, 0.3) is 0 Å². The molecule has 0 N–H and O–H groups in total. The topological polar surface area (TPSA) is 66.2 Å². The molecule has 1 aromatic heterocycles. The molecule has 0 spiro atoms. The van der Waals surface area contributed by atoms with Crippen LogP contribution in [-0.4, -0.2) is 35.0 Å². The molecule has 5 nitrogen and oxygen atoms in total. The zero-order valence-electron chi connectivity index (χ0n) is 11.4. The van der Waals surface area contributed by atoms with Gasteiger partial charge in [-0.25, -0.2) is 0 Å². The van der Waals surface area contributed by atoms with Crippen LogP contribution in [0.5, 0.6) is 0 Å². The number of hydrogen-bond acceptors (Lipinski definition) is 5. The number of esters is 1. The smallest absolute Gasteiger partial charge is 0.320 e. The molecular formula is C14H19N3O2. The number of nitriles is 1. The summed E-state index contributed by atoms with van der Waals surface area (Å²) in [5.74, 6) is -0.267. The minimum absolute atomic E-state index is 0.122. The minimum Gasteiger partial charge on any atom is -0.462 e. The van der Waals surface area contributed by atoms with Gasteiger partial charge in [0, 0.05) is 31.9 Å². The van der Waals surface area contributed by atoms with Crippen LogP contribution in [0.15, 0.2) is 24.5 Å². The lowest BCUT2D eigenvalue weighted by Crippen LogP contribution is -2.32. The molecule has 0 bridgehead atoms. The van der Waals surface area contributed by atoms with E-state index in [1.165, 1.54) is 0 Å². The van der Waals surface area contributed by atoms with Crippen molar-refractivity contribution >= 4 is 5.97 Å². The second-order valence-electron chi connectivity index (χ2n) is 4.52. The van der Waals surface area contributed by atoms with Crippen molar-refractivity contribution in [3.05, 3.63) is 30.1 Å². The van der Waals surface area contributed by atoms with Gasteiger partial charge in [-0.1, -0.05) is 6.07 Å². The highest BCUT2D eigenvalue weighted by molar-refractivity contribution is 5.71. The zero-order chi connectivity index (χ0) is 14.1. The van der Waals surface area contributed by atoms with Crippen LogP contribution < -0.4 is 0 Å². The van der Waals surface area contributed by atoms with E-state index < -0.39 is 0 Å². The lowest BCUT2D eigenvalue weighted by molar-refractivity contribution is -0.148. The Labute approximate surface area is 113 Å². The van der Waals surface area contributed by atoms with Crippen molar-refractivity contribution in [2.75, 3.05) is 13.1 Å². The molecule has 0 aliphatic carbocycles. The Hall–Kier alpha value is -1.93. The van der Waals surface area contributed by atoms with Crippen molar-refractivity contribution in [1.82, 2.24) is 9.88 Å². The average Bonchev–Trinajstić information content (AvgIpc) is 2.36. The molecule has 0 fully saturated rings. The van der Waals surface area contributed by atoms with Crippen LogP contribution in [-0.2, 0) is 16.1 Å². The van der Waals surface area contributed by atoms with Gasteiger partial charge in [0.05, 0.1) is 18.7 Å². The molecule has 0 aliphatic rings. The van der Waals surface area contributed by atoms with Crippen LogP contribution >= 0.6 is 0 Å². The molecule has 1 aromatic rings. The predicted octanol–water partition coefficient (Wildman–Crippen LogP) is 1.75. The summed E-state index contributed by atoms with van der Waals surface area (Å²) in [4.78, 5) is 17.6. The number of pyridine rings is 1. The second-order valence-corrected chi connectivity index (χ2v) is 4.52. The maximum Gasteiger partial charge on any atom is 0.320 e. The number of hydrogen-bond donors (Lipinski definition) is 0. The molecule has 0 atom stereocenters. The Morgan fingerprint density at radius 2 is 2.37 bits per heavy atom. The van der Waals surface area contributed by atoms with Crippen molar-refractivity contribution in [2.24, 2.45) is 0 Å². The molecule has 19 heavy (non-hydrogen) atoms. The van der Waals surface area contributed by atoms with E-state index in [4.69, 9.17) is 10.00 Å². The first-order valence-corrected chi connectivity index (χ1v) is 6.29. The quantitative estimate of drug-likeness (QED) is 0.699. The van der Waals surface area contributed by atoms with Crippen molar-refractivity contribution in [3.8, 4) is 6.07 Å². The highest BCUT2D eigenvalue weighted by atomic mass is 16.5. The normalized spacial score (nSPS) is 10.5. The summed E-state index contributed by atoms with van der Waals surface area (Å²) < 4.78 is 5.12. The highest BCUT2D eigenvalue weighted by Gasteiger charge is 2.13. The molecule has 0 aliphatic heterocycles. The predicted molar refractivity (Wildman–Crippen MR) is 71.0 cm³/mol. The van der Waals surface area contributed by atoms with Crippen molar-refractivity contribution in [3.63, 3.8) is 0 Å². The van der Waals surface area contributed by atoms with E-state index >= 15 is 0 Å². The maximum absolute atomic E-state index is 11.7. The molecule has 0 amide bonds. The van der Waals surface area contributed by atoms with Gasteiger partial charge in [0.2, 0.25) is 0 Å². The van der Waals surface area contributed by atoms with Gasteiger partial charge in [-0.3, -0.25) is 14.7 Å². The summed E-state index contributed by atoms with van der Waals surface area (Å²) in [5.41, 5.74) is 1.01. The zero-order valence-corrected chi connectivity index (χ0v) is 11.4. The van der Waals surface area contributed by atoms with E-state index in [9.17, 15) is 4.79 Å². The van der Waals surface area contributed by atoms with Gasteiger partial charge in [-0.05, 0) is 25.5 Å². The summed E-state index contributed by atoms with van der Waals surface area (Å²) >= 11 is 0. The molecule has 0 radical (unpaired) electrons. The Morgan fingerprint density at radius 3 is 2.95 bits per heavy atom. The standard InChI is InChI=1S/C14H19N3O2/c1-12(2)19-14(18)11-17(8-4-6-15)10-13-5-3-7-16-9-13/h3,5,7,9,12H,4,8,10-11H2,1-2H3. The molecule has 5 heteroatoms. The van der Waals surface area contributed by atoms with E-state index in [0.29, 0.717) is 19.5 Å². The van der Waals surface area contributed by atoms with E-state index in [1.54, 1.807) is 12.4 Å². The summed E-state index contributed by atoms with van der Waals surface area (Å²) in [5, 5.41) is 8.66. The Kier molecular flexibility index (Phi) is 6.55. The van der Waals surface area contributed by atoms with E-state index in [1.807, 2.05) is 30.9 Å². The van der Waals surface area contributed by atoms with Gasteiger partial charge in [0.15, 0.2) is 0 Å². The lowest BCUT2D eigenvalue weighted by Gasteiger charge is -2.20. The van der Waals surface area contributed by atoms with E-state index in [0.717, 1.165) is 5.56 Å². The number of aromatic nitrogens is 1. The van der Waals surface area contributed by atoms with Gasteiger partial charge >= 0.3 is 5.97 Å². The number of carbonyl (C=O) groups is 1. The maximum atomic E-state index is 11.7. The number of carbonyl (C=O) groups excluding carboxylic acids is 1. The fourth-order valence-corrected chi connectivity index (χ4v) is 1.65. The van der Waals surface area contributed by atoms with Crippen LogP contribution in [0.4, 0.5) is 0 Å². The van der Waals surface area contributed by atoms with Gasteiger partial charge in [0.1, 0.15) is 0 Å². The fraction of sp³-hybridized carbons (Fsp3) is 0.500. The summed E-state index contributed by atoms with van der Waals surface area (Å²) in [6.07, 6.45) is 3.72. The lowest BCUT2D eigenvalue weighted by atomic mass is 10.2. The van der Waals surface area contributed by atoms with Crippen LogP contribution in [0.2, 0.25) is 0 Å². The largest absolute Gasteiger partial charge is 0.462 e. The fourth-order valence-electron chi connectivity index (χ4n) is 1.65. The van der Waals surface area contributed by atoms with Crippen LogP contribution in [0.3, 0.4) is 0 Å². The number of ether oxygens (including phenoxy) is 1. The third kappa shape index (κ3) is 6.53. The van der Waals surface area contributed by atoms with Crippen molar-refractivity contribution < 1.29 is 9.53 Å². The Morgan fingerprint density at radius 1 is 1.58 bits per heavy atom. The highest BCUT2D eigenvalue weighted by Crippen LogP contribution is 2.04. The first-order valence-electron chi connectivity index (χ1n) is 6.29. The van der Waals surface area contributed by atoms with Crippen molar-refractivity contribution in [1.29, 1.82) is 5.26 Å². The molecule has 1 heterocycles. The minimum atomic E-state index is -0.267. The van der Waals surface area contributed by atoms with E-state index in [-0.39, 0.29) is 18.6 Å². The summed E-state index contributed by atoms with van der Waals surface area (Å²) in [6, 6.07) is 5.88. The molecule has 0 saturated carbocycles. The SMILES string of the molecule is CC(C)OC(=O)CN(CCC#N)Cc1cccnc1. The molecule has 102 valence electrons. The monoisotopic (exact) mass is 261 g/mol. The van der Waals surface area contributed by atoms with Gasteiger partial charge < -0.3 is 4.74 Å². The van der Waals surface area contributed by atoms with Gasteiger partial charge in [-0.15, -0.1) is 0 Å². The average molecular weight is 261 g/mol. The van der Waals surface area contributed by atoms with E-state index in [2.05, 4.69) is 11.1 Å². The molecular weight excluding hydrogens is 242 g/mol.